The second-order valence-electron chi connectivity index (χ2n) is 12.8. The summed E-state index contributed by atoms with van der Waals surface area (Å²) in [6.45, 7) is 5.96. The molecule has 0 saturated heterocycles. The smallest absolute Gasteiger partial charge is 0.306 e. The van der Waals surface area contributed by atoms with Gasteiger partial charge in [-0.3, -0.25) is 14.9 Å². The molecule has 4 N–H and O–H groups in total. The number of benzene rings is 1. The Morgan fingerprint density at radius 2 is 2.02 bits per heavy atom. The zero-order chi connectivity index (χ0) is 30.3. The molecule has 7 atom stereocenters. The molecular weight excluding hydrogens is 553 g/mol. The van der Waals surface area contributed by atoms with Crippen LogP contribution in [0.15, 0.2) is 47.2 Å². The first-order valence-electron chi connectivity index (χ1n) is 15.0. The van der Waals surface area contributed by atoms with Crippen molar-refractivity contribution in [1.82, 2.24) is 0 Å². The number of nitrogens with one attached hydrogen (secondary N) is 1. The Hall–Kier alpha value is -2.80. The van der Waals surface area contributed by atoms with E-state index in [0.29, 0.717) is 25.0 Å². The quantitative estimate of drug-likeness (QED) is 0.162. The maximum Gasteiger partial charge on any atom is 0.306 e. The molecule has 4 aliphatic carbocycles. The molecule has 0 aromatic heterocycles. The number of thioether (sulfide) groups is 1. The van der Waals surface area contributed by atoms with Crippen LogP contribution in [-0.4, -0.2) is 39.9 Å². The number of hydrogen-bond acceptors (Lipinski definition) is 7. The molecule has 7 nitrogen and oxygen atoms in total. The third-order valence-electron chi connectivity index (χ3n) is 10.8. The number of rotatable bonds is 8. The number of nitrogens with zero attached hydrogens (tertiary/aromatic N) is 1. The summed E-state index contributed by atoms with van der Waals surface area (Å²) in [7, 11) is 0. The Bertz CT molecular complexity index is 1370. The number of nitriles is 1. The number of esters is 1. The minimum atomic E-state index is -1.32. The Labute approximate surface area is 251 Å². The van der Waals surface area contributed by atoms with Crippen LogP contribution >= 0.6 is 11.8 Å². The Morgan fingerprint density at radius 3 is 2.69 bits per heavy atom. The highest BCUT2D eigenvalue weighted by atomic mass is 32.2. The van der Waals surface area contributed by atoms with Crippen molar-refractivity contribution in [3.8, 4) is 6.07 Å². The van der Waals surface area contributed by atoms with Crippen LogP contribution in [0.4, 0.5) is 10.1 Å². The standard InChI is InChI=1S/C33H40FN3O4S/c1-4-28(39)41-33(30(40)42-15-5-14-35)13-12-25-24-11-6-21-16-26(37-23-9-7-22(34)8-10-23)20(19-36)17-31(21,2)29(24)27(38)18-32(25,33)3/h7-10,16,19,24-25,27,29,36-38H,4-6,11-13,15,17-18H2,1-3H3/p+1/t24-,25?,27-,29?,31-,32-,33-/m0/s1. The van der Waals surface area contributed by atoms with E-state index in [-0.39, 0.29) is 46.9 Å². The number of allylic oxidation sites excluding steroid dienone is 3. The molecule has 0 aliphatic heterocycles. The maximum atomic E-state index is 13.8. The zero-order valence-electron chi connectivity index (χ0n) is 24.6. The van der Waals surface area contributed by atoms with Gasteiger partial charge in [-0.1, -0.05) is 38.1 Å². The van der Waals surface area contributed by atoms with E-state index in [0.717, 1.165) is 48.0 Å². The van der Waals surface area contributed by atoms with E-state index in [1.807, 2.05) is 12.2 Å². The first-order chi connectivity index (χ1) is 20.0. The summed E-state index contributed by atoms with van der Waals surface area (Å²) in [4.78, 5) is 26.5. The minimum absolute atomic E-state index is 0.0584. The molecule has 42 heavy (non-hydrogen) atoms. The number of aliphatic hydroxyl groups excluding tert-OH is 1. The summed E-state index contributed by atoms with van der Waals surface area (Å²) < 4.78 is 19.6. The molecule has 2 unspecified atom stereocenters. The highest BCUT2D eigenvalue weighted by Crippen LogP contribution is 2.69. The highest BCUT2D eigenvalue weighted by Gasteiger charge is 2.70. The molecule has 0 spiro atoms. The van der Waals surface area contributed by atoms with Gasteiger partial charge in [0.2, 0.25) is 5.12 Å². The lowest BCUT2D eigenvalue weighted by molar-refractivity contribution is -0.513. The van der Waals surface area contributed by atoms with Gasteiger partial charge >= 0.3 is 5.97 Å². The lowest BCUT2D eigenvalue weighted by Crippen LogP contribution is -2.76. The van der Waals surface area contributed by atoms with E-state index in [1.165, 1.54) is 23.9 Å². The third-order valence-corrected chi connectivity index (χ3v) is 11.8. The van der Waals surface area contributed by atoms with Gasteiger partial charge in [0.25, 0.3) is 0 Å². The SMILES string of the molecule is CCC(=O)O[C@]1(C(=O)SCCC#N)CCC2[C@@H]3CCC4=CC([NH2+]c5ccc(F)cc5)=C(C=N)C[C@]4(C)C3[C@@H](O)C[C@@]21C. The van der Waals surface area contributed by atoms with Gasteiger partial charge in [-0.15, -0.1) is 0 Å². The van der Waals surface area contributed by atoms with Crippen molar-refractivity contribution < 1.29 is 29.1 Å². The fourth-order valence-electron chi connectivity index (χ4n) is 8.83. The van der Waals surface area contributed by atoms with Crippen LogP contribution in [0.25, 0.3) is 0 Å². The average molecular weight is 595 g/mol. The predicted molar refractivity (Wildman–Crippen MR) is 159 cm³/mol. The molecule has 1 aromatic rings. The molecule has 0 bridgehead atoms. The lowest BCUT2D eigenvalue weighted by Gasteiger charge is -2.60. The van der Waals surface area contributed by atoms with E-state index < -0.39 is 23.1 Å². The van der Waals surface area contributed by atoms with Gasteiger partial charge in [-0.2, -0.15) is 5.26 Å². The van der Waals surface area contributed by atoms with Crippen LogP contribution in [0.1, 0.15) is 72.1 Å². The number of ether oxygens (including phenoxy) is 1. The van der Waals surface area contributed by atoms with Gasteiger partial charge in [-0.05, 0) is 79.9 Å². The summed E-state index contributed by atoms with van der Waals surface area (Å²) in [6, 6.07) is 8.42. The molecule has 3 fully saturated rings. The summed E-state index contributed by atoms with van der Waals surface area (Å²) in [6.07, 6.45) is 7.09. The van der Waals surface area contributed by atoms with Crippen molar-refractivity contribution in [2.24, 2.45) is 28.6 Å². The molecule has 0 amide bonds. The Kier molecular flexibility index (Phi) is 8.54. The highest BCUT2D eigenvalue weighted by molar-refractivity contribution is 8.13. The summed E-state index contributed by atoms with van der Waals surface area (Å²) in [5.41, 5.74) is 1.57. The van der Waals surface area contributed by atoms with Crippen molar-refractivity contribution in [2.75, 3.05) is 5.75 Å². The Balaban J connectivity index is 1.46. The zero-order valence-corrected chi connectivity index (χ0v) is 25.4. The molecule has 5 rings (SSSR count). The van der Waals surface area contributed by atoms with Crippen LogP contribution in [0, 0.1) is 51.1 Å². The number of aliphatic hydroxyl groups is 1. The van der Waals surface area contributed by atoms with Crippen molar-refractivity contribution >= 4 is 34.7 Å². The van der Waals surface area contributed by atoms with E-state index >= 15 is 0 Å². The number of nitrogens with two attached hydrogens (primary N) is 1. The fourth-order valence-corrected chi connectivity index (χ4v) is 9.82. The lowest BCUT2D eigenvalue weighted by atomic mass is 9.45. The molecule has 1 aromatic carbocycles. The third kappa shape index (κ3) is 4.95. The van der Waals surface area contributed by atoms with Crippen LogP contribution in [-0.2, 0) is 14.3 Å². The van der Waals surface area contributed by atoms with Gasteiger partial charge in [-0.25, -0.2) is 4.39 Å². The van der Waals surface area contributed by atoms with Crippen molar-refractivity contribution in [3.05, 3.63) is 53.0 Å². The molecule has 3 saturated carbocycles. The molecule has 9 heteroatoms. The first kappa shape index (κ1) is 30.7. The van der Waals surface area contributed by atoms with E-state index in [2.05, 4.69) is 19.1 Å². The monoisotopic (exact) mass is 594 g/mol. The summed E-state index contributed by atoms with van der Waals surface area (Å²) in [5, 5.41) is 31.0. The molecule has 0 heterocycles. The van der Waals surface area contributed by atoms with Gasteiger partial charge in [0.15, 0.2) is 5.60 Å². The number of carbonyl (C=O) groups excluding carboxylic acids is 2. The molecule has 4 aliphatic rings. The first-order valence-corrected chi connectivity index (χ1v) is 16.0. The second-order valence-corrected chi connectivity index (χ2v) is 13.9. The van der Waals surface area contributed by atoms with E-state index in [1.54, 1.807) is 19.1 Å². The topological polar surface area (TPSA) is 128 Å². The average Bonchev–Trinajstić information content (AvgIpc) is 3.25. The van der Waals surface area contributed by atoms with Crippen LogP contribution in [0.5, 0.6) is 0 Å². The van der Waals surface area contributed by atoms with Gasteiger partial charge < -0.3 is 15.3 Å². The van der Waals surface area contributed by atoms with Crippen molar-refractivity contribution in [2.45, 2.75) is 83.8 Å². The van der Waals surface area contributed by atoms with Crippen LogP contribution < -0.4 is 5.32 Å². The molecule has 0 radical (unpaired) electrons. The summed E-state index contributed by atoms with van der Waals surface area (Å²) in [5.74, 6) is -0.192. The normalized spacial score (nSPS) is 35.3. The van der Waals surface area contributed by atoms with Gasteiger partial charge in [0.1, 0.15) is 17.2 Å². The molecule has 224 valence electrons. The van der Waals surface area contributed by atoms with Crippen LogP contribution in [0.2, 0.25) is 0 Å². The van der Waals surface area contributed by atoms with Crippen molar-refractivity contribution in [1.29, 1.82) is 10.7 Å². The van der Waals surface area contributed by atoms with Crippen LogP contribution in [0.3, 0.4) is 0 Å². The maximum absolute atomic E-state index is 13.8. The number of fused-ring (bicyclic) bond motifs is 5. The Morgan fingerprint density at radius 1 is 1.29 bits per heavy atom. The van der Waals surface area contributed by atoms with Crippen molar-refractivity contribution in [3.63, 3.8) is 0 Å². The largest absolute Gasteiger partial charge is 0.449 e. The number of hydrogen-bond donors (Lipinski definition) is 3. The number of carbonyl (C=O) groups is 2. The van der Waals surface area contributed by atoms with Gasteiger partial charge in [0.05, 0.1) is 12.2 Å². The number of quaternary nitrogens is 1. The molecular formula is C33H41FN3O4S+. The number of halogens is 1. The van der Waals surface area contributed by atoms with E-state index in [4.69, 9.17) is 15.4 Å². The predicted octanol–water partition coefficient (Wildman–Crippen LogP) is 5.33. The van der Waals surface area contributed by atoms with E-state index in [9.17, 15) is 19.1 Å². The second kappa shape index (κ2) is 11.7. The van der Waals surface area contributed by atoms with Gasteiger partial charge in [0, 0.05) is 47.9 Å². The fraction of sp³-hybridized carbons (Fsp3) is 0.576. The summed E-state index contributed by atoms with van der Waals surface area (Å²) >= 11 is 1.07. The minimum Gasteiger partial charge on any atom is -0.449 e.